The Morgan fingerprint density at radius 3 is 1.51 bits per heavy atom. The summed E-state index contributed by atoms with van der Waals surface area (Å²) in [5.74, 6) is 0. The average molecular weight is 819 g/mol. The van der Waals surface area contributed by atoms with Gasteiger partial charge in [0.2, 0.25) is 0 Å². The van der Waals surface area contributed by atoms with Crippen LogP contribution in [0.3, 0.4) is 0 Å². The number of rotatable bonds is 8. The molecule has 0 saturated carbocycles. The Morgan fingerprint density at radius 1 is 0.286 bits per heavy atom. The van der Waals surface area contributed by atoms with Gasteiger partial charge < -0.3 is 9.13 Å². The molecule has 0 saturated heterocycles. The molecule has 0 bridgehead atoms. The number of fused-ring (bicyclic) bond motifs is 6. The van der Waals surface area contributed by atoms with Crippen LogP contribution in [0, 0.1) is 0 Å². The highest BCUT2D eigenvalue weighted by Gasteiger charge is 2.43. The van der Waals surface area contributed by atoms with E-state index in [4.69, 9.17) is 0 Å². The van der Waals surface area contributed by atoms with Crippen molar-refractivity contribution in [3.63, 3.8) is 0 Å². The van der Waals surface area contributed by atoms with Gasteiger partial charge in [-0.15, -0.1) is 0 Å². The van der Waals surface area contributed by atoms with Gasteiger partial charge >= 0.3 is 0 Å². The molecule has 2 heterocycles. The van der Waals surface area contributed by atoms with Crippen LogP contribution in [0.5, 0.6) is 0 Å². The van der Waals surface area contributed by atoms with Crippen molar-refractivity contribution in [3.05, 3.63) is 255 Å². The first kappa shape index (κ1) is 36.8. The van der Waals surface area contributed by atoms with Crippen molar-refractivity contribution in [1.29, 1.82) is 0 Å². The molecule has 0 radical (unpaired) electrons. The third kappa shape index (κ3) is 5.85. The van der Waals surface area contributed by atoms with Crippen molar-refractivity contribution in [3.8, 4) is 33.6 Å². The highest BCUT2D eigenvalue weighted by Crippen LogP contribution is 2.39. The lowest BCUT2D eigenvalue weighted by Crippen LogP contribution is -2.74. The third-order valence-electron chi connectivity index (χ3n) is 13.1. The largest absolute Gasteiger partial charge is 0.309 e. The molecule has 0 amide bonds. The molecule has 0 aliphatic heterocycles. The Hall–Kier alpha value is -7.98. The monoisotopic (exact) mass is 818 g/mol. The molecule has 10 aromatic carbocycles. The van der Waals surface area contributed by atoms with Gasteiger partial charge in [0.25, 0.3) is 0 Å². The zero-order valence-electron chi connectivity index (χ0n) is 34.6. The van der Waals surface area contributed by atoms with Crippen LogP contribution < -0.4 is 20.7 Å². The molecule has 2 aromatic heterocycles. The number of benzene rings is 10. The van der Waals surface area contributed by atoms with Crippen molar-refractivity contribution in [2.75, 3.05) is 0 Å². The Kier molecular flexibility index (Phi) is 8.87. The first-order valence-electron chi connectivity index (χ1n) is 21.8. The second-order valence-corrected chi connectivity index (χ2v) is 20.2. The van der Waals surface area contributed by atoms with Crippen LogP contribution in [-0.4, -0.2) is 17.2 Å². The van der Waals surface area contributed by atoms with Gasteiger partial charge in [0, 0.05) is 32.8 Å². The summed E-state index contributed by atoms with van der Waals surface area (Å²) in [5.41, 5.74) is 11.9. The van der Waals surface area contributed by atoms with Crippen LogP contribution in [-0.2, 0) is 0 Å². The molecule has 0 fully saturated rings. The predicted octanol–water partition coefficient (Wildman–Crippen LogP) is 12.6. The summed E-state index contributed by atoms with van der Waals surface area (Å²) < 4.78 is 4.96. The van der Waals surface area contributed by atoms with Gasteiger partial charge in [-0.3, -0.25) is 0 Å². The van der Waals surface area contributed by atoms with E-state index in [0.29, 0.717) is 0 Å². The molecule has 0 atom stereocenters. The standard InChI is InChI=1S/C60H42N2Si/c1-5-21-43(22-6-1)45-25-19-30-49(41-45)63(47-26-9-3-10-27-47,48-28-11-4-12-29-48)59-38-20-37-58-60(59)52-33-15-18-36-56(52)61(58)46-39-40-57-53(42-46)51-32-14-17-35-55(51)62(57)54-34-16-13-31-50(54)44-23-7-2-8-24-44/h1-42H. The zero-order chi connectivity index (χ0) is 41.7. The summed E-state index contributed by atoms with van der Waals surface area (Å²) in [7, 11) is -3.00. The molecule has 0 spiro atoms. The summed E-state index contributed by atoms with van der Waals surface area (Å²) in [5, 5.41) is 10.5. The Bertz CT molecular complexity index is 3570. The van der Waals surface area contributed by atoms with E-state index in [1.54, 1.807) is 0 Å². The summed E-state index contributed by atoms with van der Waals surface area (Å²) in [4.78, 5) is 0. The SMILES string of the molecule is c1ccc(-c2cccc([Si](c3ccccc3)(c3ccccc3)c3cccc4c3c3ccccc3n4-c3ccc4c(c3)c3ccccc3n4-c3ccccc3-c3ccccc3)c2)cc1. The maximum atomic E-state index is 2.51. The fourth-order valence-corrected chi connectivity index (χ4v) is 15.4. The minimum absolute atomic E-state index is 1.14. The Morgan fingerprint density at radius 2 is 0.794 bits per heavy atom. The first-order valence-corrected chi connectivity index (χ1v) is 23.8. The topological polar surface area (TPSA) is 9.86 Å². The van der Waals surface area contributed by atoms with Crippen LogP contribution in [0.1, 0.15) is 0 Å². The predicted molar refractivity (Wildman–Crippen MR) is 270 cm³/mol. The number of nitrogens with zero attached hydrogens (tertiary/aromatic N) is 2. The second kappa shape index (κ2) is 15.2. The van der Waals surface area contributed by atoms with Crippen molar-refractivity contribution in [1.82, 2.24) is 9.13 Å². The van der Waals surface area contributed by atoms with Gasteiger partial charge in [-0.25, -0.2) is 0 Å². The minimum Gasteiger partial charge on any atom is -0.309 e. The summed E-state index contributed by atoms with van der Waals surface area (Å²) in [6, 6.07) is 94.3. The highest BCUT2D eigenvalue weighted by atomic mass is 28.3. The number of para-hydroxylation sites is 3. The van der Waals surface area contributed by atoms with Crippen molar-refractivity contribution >= 4 is 72.4 Å². The van der Waals surface area contributed by atoms with Crippen LogP contribution >= 0.6 is 0 Å². The number of hydrogen-bond donors (Lipinski definition) is 0. The van der Waals surface area contributed by atoms with Crippen molar-refractivity contribution in [2.24, 2.45) is 0 Å². The van der Waals surface area contributed by atoms with Crippen molar-refractivity contribution < 1.29 is 0 Å². The molecule has 12 rings (SSSR count). The van der Waals surface area contributed by atoms with E-state index in [2.05, 4.69) is 264 Å². The fraction of sp³-hybridized carbons (Fsp3) is 0. The maximum absolute atomic E-state index is 3.00. The van der Waals surface area contributed by atoms with Gasteiger partial charge in [0.15, 0.2) is 8.07 Å². The summed E-state index contributed by atoms with van der Waals surface area (Å²) in [6.07, 6.45) is 0. The molecular weight excluding hydrogens is 777 g/mol. The van der Waals surface area contributed by atoms with Gasteiger partial charge in [-0.2, -0.15) is 0 Å². The number of aromatic nitrogens is 2. The van der Waals surface area contributed by atoms with E-state index >= 15 is 0 Å². The van der Waals surface area contributed by atoms with Crippen LogP contribution in [0.25, 0.3) is 77.2 Å². The molecule has 63 heavy (non-hydrogen) atoms. The zero-order valence-corrected chi connectivity index (χ0v) is 35.6. The second-order valence-electron chi connectivity index (χ2n) is 16.4. The smallest absolute Gasteiger partial charge is 0.180 e. The Balaban J connectivity index is 1.15. The lowest BCUT2D eigenvalue weighted by molar-refractivity contribution is 1.17. The van der Waals surface area contributed by atoms with E-state index in [1.165, 1.54) is 92.3 Å². The van der Waals surface area contributed by atoms with Crippen LogP contribution in [0.15, 0.2) is 255 Å². The summed E-state index contributed by atoms with van der Waals surface area (Å²) >= 11 is 0. The molecule has 0 unspecified atom stereocenters. The lowest BCUT2D eigenvalue weighted by atomic mass is 10.0. The average Bonchev–Trinajstić information content (AvgIpc) is 3.88. The van der Waals surface area contributed by atoms with Gasteiger partial charge in [0.05, 0.1) is 27.8 Å². The van der Waals surface area contributed by atoms with E-state index in [-0.39, 0.29) is 0 Å². The maximum Gasteiger partial charge on any atom is 0.180 e. The van der Waals surface area contributed by atoms with Crippen LogP contribution in [0.4, 0.5) is 0 Å². The summed E-state index contributed by atoms with van der Waals surface area (Å²) in [6.45, 7) is 0. The highest BCUT2D eigenvalue weighted by molar-refractivity contribution is 7.20. The molecule has 12 aromatic rings. The van der Waals surface area contributed by atoms with Crippen molar-refractivity contribution in [2.45, 2.75) is 0 Å². The number of hydrogen-bond acceptors (Lipinski definition) is 0. The Labute approximate surface area is 368 Å². The molecule has 0 N–H and O–H groups in total. The molecule has 296 valence electrons. The normalized spacial score (nSPS) is 11.8. The van der Waals surface area contributed by atoms with E-state index in [0.717, 1.165) is 5.69 Å². The molecule has 2 nitrogen and oxygen atoms in total. The molecule has 3 heteroatoms. The van der Waals surface area contributed by atoms with Gasteiger partial charge in [-0.1, -0.05) is 212 Å². The van der Waals surface area contributed by atoms with Gasteiger partial charge in [0.1, 0.15) is 0 Å². The van der Waals surface area contributed by atoms with Gasteiger partial charge in [-0.05, 0) is 79.9 Å². The quantitative estimate of drug-likeness (QED) is 0.107. The third-order valence-corrected chi connectivity index (χ3v) is 17.9. The lowest BCUT2D eigenvalue weighted by Gasteiger charge is -2.35. The molecular formula is C60H42N2Si. The molecule has 0 aliphatic carbocycles. The first-order chi connectivity index (χ1) is 31.3. The van der Waals surface area contributed by atoms with Crippen LogP contribution in [0.2, 0.25) is 0 Å². The van der Waals surface area contributed by atoms with E-state index in [9.17, 15) is 0 Å². The van der Waals surface area contributed by atoms with E-state index < -0.39 is 8.07 Å². The minimum atomic E-state index is -3.00. The fourth-order valence-electron chi connectivity index (χ4n) is 10.4. The van der Waals surface area contributed by atoms with E-state index in [1.807, 2.05) is 0 Å². The molecule has 0 aliphatic rings.